The van der Waals surface area contributed by atoms with Crippen molar-refractivity contribution in [1.29, 1.82) is 0 Å². The highest BCUT2D eigenvalue weighted by Gasteiger charge is 2.41. The Morgan fingerprint density at radius 3 is 2.89 bits per heavy atom. The molecule has 0 aromatic heterocycles. The van der Waals surface area contributed by atoms with Crippen LogP contribution in [-0.4, -0.2) is 25.3 Å². The minimum absolute atomic E-state index is 0.164. The summed E-state index contributed by atoms with van der Waals surface area (Å²) >= 11 is 6.15. The molecule has 28 heavy (non-hydrogen) atoms. The van der Waals surface area contributed by atoms with Crippen LogP contribution in [0.4, 0.5) is 4.79 Å². The number of unbranched alkanes of at least 4 members (excludes halogenated alkanes) is 3. The lowest BCUT2D eigenvalue weighted by Crippen LogP contribution is -2.28. The molecule has 0 radical (unpaired) electrons. The molecule has 0 aliphatic carbocycles. The summed E-state index contributed by atoms with van der Waals surface area (Å²) in [5.74, 6) is -0.704. The Bertz CT molecular complexity index is 830. The van der Waals surface area contributed by atoms with Gasteiger partial charge in [0.15, 0.2) is 0 Å². The first-order valence-corrected chi connectivity index (χ1v) is 9.87. The van der Waals surface area contributed by atoms with Crippen LogP contribution in [0.5, 0.6) is 0 Å². The fourth-order valence-corrected chi connectivity index (χ4v) is 3.59. The Morgan fingerprint density at radius 2 is 2.14 bits per heavy atom. The minimum Gasteiger partial charge on any atom is -0.456 e. The zero-order chi connectivity index (χ0) is 20.1. The van der Waals surface area contributed by atoms with E-state index in [0.29, 0.717) is 34.4 Å². The van der Waals surface area contributed by atoms with Crippen LogP contribution in [0, 0.1) is 0 Å². The molecule has 2 aliphatic heterocycles. The molecule has 6 nitrogen and oxygen atoms in total. The lowest BCUT2D eigenvalue weighted by Gasteiger charge is -2.27. The van der Waals surface area contributed by atoms with Crippen molar-refractivity contribution in [3.05, 3.63) is 57.6 Å². The SMILES string of the molecule is CCCCCCOC(=O)OC1=C(C)NC2=C(C(=O)OC2)C1c1cccc(Cl)c1. The van der Waals surface area contributed by atoms with Crippen LogP contribution in [0.25, 0.3) is 0 Å². The van der Waals surface area contributed by atoms with Crippen LogP contribution in [0.15, 0.2) is 47.0 Å². The normalized spacial score (nSPS) is 18.5. The minimum atomic E-state index is -0.782. The van der Waals surface area contributed by atoms with Crippen molar-refractivity contribution in [3.63, 3.8) is 0 Å². The summed E-state index contributed by atoms with van der Waals surface area (Å²) in [4.78, 5) is 24.6. The van der Waals surface area contributed by atoms with E-state index in [1.54, 1.807) is 25.1 Å². The number of carbonyl (C=O) groups excluding carboxylic acids is 2. The van der Waals surface area contributed by atoms with E-state index in [9.17, 15) is 9.59 Å². The Kier molecular flexibility index (Phi) is 6.62. The standard InChI is InChI=1S/C21H24ClNO5/c1-3-4-5-6-10-26-21(25)28-19-13(2)23-16-12-27-20(24)18(16)17(19)14-8-7-9-15(22)11-14/h7-9,11,17,23H,3-6,10,12H2,1-2H3. The predicted molar refractivity (Wildman–Crippen MR) is 105 cm³/mol. The van der Waals surface area contributed by atoms with Crippen LogP contribution in [-0.2, 0) is 19.0 Å². The van der Waals surface area contributed by atoms with Crippen molar-refractivity contribution in [3.8, 4) is 0 Å². The van der Waals surface area contributed by atoms with Crippen molar-refractivity contribution in [1.82, 2.24) is 5.32 Å². The van der Waals surface area contributed by atoms with Crippen molar-refractivity contribution in [2.45, 2.75) is 45.4 Å². The van der Waals surface area contributed by atoms with Gasteiger partial charge in [0.25, 0.3) is 0 Å². The number of hydrogen-bond donors (Lipinski definition) is 1. The quantitative estimate of drug-likeness (QED) is 0.518. The Morgan fingerprint density at radius 1 is 1.32 bits per heavy atom. The molecule has 1 aromatic rings. The Balaban J connectivity index is 1.80. The average molecular weight is 406 g/mol. The summed E-state index contributed by atoms with van der Waals surface area (Å²) in [6, 6.07) is 7.13. The van der Waals surface area contributed by atoms with Crippen molar-refractivity contribution in [2.75, 3.05) is 13.2 Å². The molecule has 0 bridgehead atoms. The first kappa shape index (κ1) is 20.3. The summed E-state index contributed by atoms with van der Waals surface area (Å²) in [7, 11) is 0. The molecule has 1 aromatic carbocycles. The summed E-state index contributed by atoms with van der Waals surface area (Å²) in [6.45, 7) is 4.37. The first-order valence-electron chi connectivity index (χ1n) is 9.49. The lowest BCUT2D eigenvalue weighted by molar-refractivity contribution is -0.136. The molecule has 0 saturated heterocycles. The van der Waals surface area contributed by atoms with Gasteiger partial charge in [-0.15, -0.1) is 0 Å². The van der Waals surface area contributed by atoms with Crippen molar-refractivity contribution in [2.24, 2.45) is 0 Å². The van der Waals surface area contributed by atoms with Gasteiger partial charge in [-0.3, -0.25) is 0 Å². The number of carbonyl (C=O) groups is 2. The monoisotopic (exact) mass is 405 g/mol. The van der Waals surface area contributed by atoms with Gasteiger partial charge in [0.1, 0.15) is 12.4 Å². The molecular formula is C21H24ClNO5. The molecule has 7 heteroatoms. The number of cyclic esters (lactones) is 1. The Labute approximate surface area is 169 Å². The van der Waals surface area contributed by atoms with Gasteiger partial charge in [-0.1, -0.05) is 49.9 Å². The van der Waals surface area contributed by atoms with E-state index >= 15 is 0 Å². The topological polar surface area (TPSA) is 73.9 Å². The first-order chi connectivity index (χ1) is 13.5. The molecule has 2 aliphatic rings. The third-order valence-corrected chi connectivity index (χ3v) is 4.98. The fourth-order valence-electron chi connectivity index (χ4n) is 3.39. The maximum atomic E-state index is 12.3. The fraction of sp³-hybridized carbons (Fsp3) is 0.429. The maximum Gasteiger partial charge on any atom is 0.513 e. The highest BCUT2D eigenvalue weighted by molar-refractivity contribution is 6.30. The van der Waals surface area contributed by atoms with Crippen LogP contribution >= 0.6 is 11.6 Å². The second-order valence-corrected chi connectivity index (χ2v) is 7.27. The molecular weight excluding hydrogens is 382 g/mol. The van der Waals surface area contributed by atoms with Crippen LogP contribution in [0.3, 0.4) is 0 Å². The van der Waals surface area contributed by atoms with Gasteiger partial charge in [-0.25, -0.2) is 9.59 Å². The number of nitrogens with one attached hydrogen (secondary N) is 1. The van der Waals surface area contributed by atoms with E-state index in [1.165, 1.54) is 0 Å². The molecule has 3 rings (SSSR count). The number of benzene rings is 1. The van der Waals surface area contributed by atoms with E-state index in [4.69, 9.17) is 25.8 Å². The second-order valence-electron chi connectivity index (χ2n) is 6.83. The van der Waals surface area contributed by atoms with Gasteiger partial charge >= 0.3 is 12.1 Å². The van der Waals surface area contributed by atoms with Crippen molar-refractivity contribution >= 4 is 23.7 Å². The molecule has 1 unspecified atom stereocenters. The van der Waals surface area contributed by atoms with Crippen LogP contribution < -0.4 is 5.32 Å². The van der Waals surface area contributed by atoms with Gasteiger partial charge in [0, 0.05) is 5.02 Å². The summed E-state index contributed by atoms with van der Waals surface area (Å²) < 4.78 is 15.9. The third kappa shape index (κ3) is 4.50. The van der Waals surface area contributed by atoms with Gasteiger partial charge in [-0.05, 0) is 31.0 Å². The molecule has 0 fully saturated rings. The van der Waals surface area contributed by atoms with Gasteiger partial charge in [-0.2, -0.15) is 0 Å². The summed E-state index contributed by atoms with van der Waals surface area (Å²) in [6.07, 6.45) is 3.22. The number of esters is 1. The number of dihydropyridines is 1. The van der Waals surface area contributed by atoms with Crippen LogP contribution in [0.2, 0.25) is 5.02 Å². The highest BCUT2D eigenvalue weighted by Crippen LogP contribution is 2.41. The third-order valence-electron chi connectivity index (χ3n) is 4.74. The smallest absolute Gasteiger partial charge is 0.456 e. The Hall–Kier alpha value is -2.47. The zero-order valence-corrected chi connectivity index (χ0v) is 16.8. The molecule has 0 amide bonds. The molecule has 0 spiro atoms. The number of hydrogen-bond acceptors (Lipinski definition) is 6. The molecule has 2 heterocycles. The van der Waals surface area contributed by atoms with Gasteiger partial charge in [0.05, 0.1) is 29.5 Å². The van der Waals surface area contributed by atoms with Gasteiger partial charge < -0.3 is 19.5 Å². The second kappa shape index (κ2) is 9.15. The molecule has 1 atom stereocenters. The van der Waals surface area contributed by atoms with E-state index in [-0.39, 0.29) is 6.61 Å². The molecule has 1 N–H and O–H groups in total. The summed E-state index contributed by atoms with van der Waals surface area (Å²) in [5, 5.41) is 3.64. The number of rotatable bonds is 7. The predicted octanol–water partition coefficient (Wildman–Crippen LogP) is 4.80. The number of allylic oxidation sites excluding steroid dienone is 2. The van der Waals surface area contributed by atoms with Gasteiger partial charge in [0.2, 0.25) is 0 Å². The zero-order valence-electron chi connectivity index (χ0n) is 16.0. The molecule has 0 saturated carbocycles. The summed E-state index contributed by atoms with van der Waals surface area (Å²) in [5.41, 5.74) is 2.47. The van der Waals surface area contributed by atoms with E-state index in [2.05, 4.69) is 12.2 Å². The largest absolute Gasteiger partial charge is 0.513 e. The van der Waals surface area contributed by atoms with E-state index in [1.807, 2.05) is 6.07 Å². The maximum absolute atomic E-state index is 12.3. The van der Waals surface area contributed by atoms with E-state index in [0.717, 1.165) is 31.2 Å². The van der Waals surface area contributed by atoms with E-state index < -0.39 is 18.0 Å². The highest BCUT2D eigenvalue weighted by atomic mass is 35.5. The lowest BCUT2D eigenvalue weighted by atomic mass is 9.85. The molecule has 150 valence electrons. The van der Waals surface area contributed by atoms with Crippen molar-refractivity contribution < 1.29 is 23.8 Å². The average Bonchev–Trinajstić information content (AvgIpc) is 3.02. The van der Waals surface area contributed by atoms with Crippen LogP contribution in [0.1, 0.15) is 51.0 Å². The number of halogens is 1. The number of ether oxygens (including phenoxy) is 3.